The molecule has 0 fully saturated rings. The third-order valence-electron chi connectivity index (χ3n) is 2.73. The Labute approximate surface area is 97.3 Å². The normalized spacial score (nSPS) is 13.3. The molecule has 3 heteroatoms. The van der Waals surface area contributed by atoms with Crippen molar-refractivity contribution in [2.24, 2.45) is 0 Å². The van der Waals surface area contributed by atoms with Crippen LogP contribution in [0, 0.1) is 0 Å². The molecule has 0 bridgehead atoms. The predicted molar refractivity (Wildman–Crippen MR) is 68.7 cm³/mol. The fraction of sp³-hybridized carbons (Fsp3) is 0.667. The van der Waals surface area contributed by atoms with Gasteiger partial charge >= 0.3 is 0 Å². The van der Waals surface area contributed by atoms with E-state index in [0.29, 0.717) is 6.04 Å². The highest BCUT2D eigenvalue weighted by atomic mass is 32.1. The van der Waals surface area contributed by atoms with E-state index in [-0.39, 0.29) is 0 Å². The first kappa shape index (κ1) is 12.7. The van der Waals surface area contributed by atoms with Crippen molar-refractivity contribution < 1.29 is 0 Å². The maximum absolute atomic E-state index is 3.38. The number of nitrogens with one attached hydrogen (secondary N) is 1. The number of nitrogens with zero attached hydrogens (tertiary/aromatic N) is 1. The van der Waals surface area contributed by atoms with Crippen molar-refractivity contribution in [2.75, 3.05) is 26.7 Å². The van der Waals surface area contributed by atoms with Crippen LogP contribution in [0.5, 0.6) is 0 Å². The first-order valence-electron chi connectivity index (χ1n) is 5.67. The monoisotopic (exact) mass is 226 g/mol. The zero-order chi connectivity index (χ0) is 11.1. The Bertz CT molecular complexity index is 246. The van der Waals surface area contributed by atoms with E-state index in [1.165, 1.54) is 11.3 Å². The second-order valence-corrected chi connectivity index (χ2v) is 5.00. The summed E-state index contributed by atoms with van der Waals surface area (Å²) in [5.74, 6) is 0. The zero-order valence-corrected chi connectivity index (χ0v) is 10.8. The summed E-state index contributed by atoms with van der Waals surface area (Å²) in [5.41, 5.74) is 0. The Morgan fingerprint density at radius 1 is 1.53 bits per heavy atom. The molecule has 1 heterocycles. The Kier molecular flexibility index (Phi) is 5.91. The molecule has 0 spiro atoms. The number of hydrogen-bond acceptors (Lipinski definition) is 3. The molecule has 0 aliphatic heterocycles. The van der Waals surface area contributed by atoms with E-state index in [9.17, 15) is 0 Å². The second-order valence-electron chi connectivity index (χ2n) is 3.97. The molecular formula is C12H22N2S. The molecular weight excluding hydrogens is 204 g/mol. The fourth-order valence-corrected chi connectivity index (χ4v) is 2.17. The van der Waals surface area contributed by atoms with Gasteiger partial charge in [0, 0.05) is 24.0 Å². The quantitative estimate of drug-likeness (QED) is 0.767. The lowest BCUT2D eigenvalue weighted by atomic mass is 10.2. The highest BCUT2D eigenvalue weighted by Gasteiger charge is 2.08. The van der Waals surface area contributed by atoms with Gasteiger partial charge in [-0.1, -0.05) is 13.0 Å². The molecule has 1 aromatic rings. The second kappa shape index (κ2) is 6.99. The molecule has 1 N–H and O–H groups in total. The van der Waals surface area contributed by atoms with Gasteiger partial charge in [-0.25, -0.2) is 0 Å². The van der Waals surface area contributed by atoms with E-state index in [1.54, 1.807) is 0 Å². The summed E-state index contributed by atoms with van der Waals surface area (Å²) < 4.78 is 0. The summed E-state index contributed by atoms with van der Waals surface area (Å²) in [6.45, 7) is 7.71. The molecule has 1 unspecified atom stereocenters. The predicted octanol–water partition coefficient (Wildman–Crippen LogP) is 2.22. The Morgan fingerprint density at radius 2 is 2.33 bits per heavy atom. The molecule has 0 amide bonds. The summed E-state index contributed by atoms with van der Waals surface area (Å²) >= 11 is 1.85. The van der Waals surface area contributed by atoms with Crippen LogP contribution in [-0.2, 0) is 6.42 Å². The van der Waals surface area contributed by atoms with Crippen LogP contribution in [0.4, 0.5) is 0 Å². The van der Waals surface area contributed by atoms with Gasteiger partial charge in [0.1, 0.15) is 0 Å². The summed E-state index contributed by atoms with van der Waals surface area (Å²) in [7, 11) is 2.20. The van der Waals surface area contributed by atoms with Crippen molar-refractivity contribution in [1.29, 1.82) is 0 Å². The van der Waals surface area contributed by atoms with Gasteiger partial charge in [0.25, 0.3) is 0 Å². The van der Waals surface area contributed by atoms with Crippen molar-refractivity contribution in [1.82, 2.24) is 10.2 Å². The van der Waals surface area contributed by atoms with Crippen molar-refractivity contribution in [3.05, 3.63) is 22.4 Å². The fourth-order valence-electron chi connectivity index (χ4n) is 1.47. The van der Waals surface area contributed by atoms with E-state index >= 15 is 0 Å². The summed E-state index contributed by atoms with van der Waals surface area (Å²) in [5, 5.41) is 5.53. The van der Waals surface area contributed by atoms with Gasteiger partial charge in [-0.3, -0.25) is 0 Å². The molecule has 0 saturated carbocycles. The largest absolute Gasteiger partial charge is 0.315 e. The molecule has 1 aromatic heterocycles. The molecule has 1 atom stereocenters. The molecule has 2 nitrogen and oxygen atoms in total. The van der Waals surface area contributed by atoms with Crippen LogP contribution in [0.1, 0.15) is 18.7 Å². The van der Waals surface area contributed by atoms with Crippen LogP contribution >= 0.6 is 11.3 Å². The molecule has 0 radical (unpaired) electrons. The topological polar surface area (TPSA) is 15.3 Å². The zero-order valence-electron chi connectivity index (χ0n) is 9.99. The van der Waals surface area contributed by atoms with E-state index in [1.807, 2.05) is 11.3 Å². The standard InChI is InChI=1S/C12H22N2S/c1-4-13-10-11(2)14(3)8-7-12-6-5-9-15-12/h5-6,9,11,13H,4,7-8,10H2,1-3H3. The lowest BCUT2D eigenvalue weighted by Gasteiger charge is -2.24. The highest BCUT2D eigenvalue weighted by Crippen LogP contribution is 2.09. The minimum atomic E-state index is 0.616. The lowest BCUT2D eigenvalue weighted by Crippen LogP contribution is -2.38. The molecule has 0 aliphatic rings. The Balaban J connectivity index is 2.20. The van der Waals surface area contributed by atoms with Gasteiger partial charge in [0.05, 0.1) is 0 Å². The number of rotatable bonds is 7. The van der Waals surface area contributed by atoms with Crippen LogP contribution in [0.3, 0.4) is 0 Å². The molecule has 15 heavy (non-hydrogen) atoms. The third kappa shape index (κ3) is 4.78. The maximum Gasteiger partial charge on any atom is 0.0189 e. The molecule has 86 valence electrons. The van der Waals surface area contributed by atoms with Crippen LogP contribution in [-0.4, -0.2) is 37.6 Å². The average Bonchev–Trinajstić information content (AvgIpc) is 2.75. The van der Waals surface area contributed by atoms with Crippen molar-refractivity contribution in [2.45, 2.75) is 26.3 Å². The lowest BCUT2D eigenvalue weighted by molar-refractivity contribution is 0.255. The molecule has 0 saturated heterocycles. The minimum Gasteiger partial charge on any atom is -0.315 e. The van der Waals surface area contributed by atoms with Crippen LogP contribution in [0.15, 0.2) is 17.5 Å². The van der Waals surface area contributed by atoms with Gasteiger partial charge in [-0.15, -0.1) is 11.3 Å². The number of thiophene rings is 1. The van der Waals surface area contributed by atoms with Crippen molar-refractivity contribution in [3.8, 4) is 0 Å². The summed E-state index contributed by atoms with van der Waals surface area (Å²) in [6.07, 6.45) is 1.17. The van der Waals surface area contributed by atoms with Gasteiger partial charge < -0.3 is 10.2 Å². The first-order chi connectivity index (χ1) is 7.24. The molecule has 0 aliphatic carbocycles. The Hall–Kier alpha value is -0.380. The molecule has 1 rings (SSSR count). The third-order valence-corrected chi connectivity index (χ3v) is 3.67. The minimum absolute atomic E-state index is 0.616. The maximum atomic E-state index is 3.38. The average molecular weight is 226 g/mol. The van der Waals surface area contributed by atoms with Gasteiger partial charge in [-0.2, -0.15) is 0 Å². The van der Waals surface area contributed by atoms with Crippen LogP contribution < -0.4 is 5.32 Å². The summed E-state index contributed by atoms with van der Waals surface area (Å²) in [6, 6.07) is 4.96. The van der Waals surface area contributed by atoms with Crippen molar-refractivity contribution >= 4 is 11.3 Å². The van der Waals surface area contributed by atoms with E-state index < -0.39 is 0 Å². The SMILES string of the molecule is CCNCC(C)N(C)CCc1cccs1. The van der Waals surface area contributed by atoms with E-state index in [4.69, 9.17) is 0 Å². The van der Waals surface area contributed by atoms with Gasteiger partial charge in [-0.05, 0) is 38.4 Å². The number of hydrogen-bond donors (Lipinski definition) is 1. The highest BCUT2D eigenvalue weighted by molar-refractivity contribution is 7.09. The van der Waals surface area contributed by atoms with Crippen molar-refractivity contribution in [3.63, 3.8) is 0 Å². The summed E-state index contributed by atoms with van der Waals surface area (Å²) in [4.78, 5) is 3.90. The van der Waals surface area contributed by atoms with Gasteiger partial charge in [0.15, 0.2) is 0 Å². The first-order valence-corrected chi connectivity index (χ1v) is 6.55. The Morgan fingerprint density at radius 3 is 2.93 bits per heavy atom. The smallest absolute Gasteiger partial charge is 0.0189 e. The van der Waals surface area contributed by atoms with Gasteiger partial charge in [0.2, 0.25) is 0 Å². The molecule has 0 aromatic carbocycles. The van der Waals surface area contributed by atoms with Crippen LogP contribution in [0.2, 0.25) is 0 Å². The van der Waals surface area contributed by atoms with Crippen LogP contribution in [0.25, 0.3) is 0 Å². The van der Waals surface area contributed by atoms with E-state index in [0.717, 1.165) is 19.6 Å². The van der Waals surface area contributed by atoms with E-state index in [2.05, 4.69) is 48.6 Å². The number of likely N-dealkylation sites (N-methyl/N-ethyl adjacent to an activating group) is 2.